The number of Topliss-reactive ketones (excluding diaryl/α,β-unsaturated/α-hetero) is 1. The van der Waals surface area contributed by atoms with Gasteiger partial charge in [-0.3, -0.25) is 4.79 Å². The lowest BCUT2D eigenvalue weighted by molar-refractivity contribution is -0.123. The zero-order chi connectivity index (χ0) is 15.4. The molecule has 22 heavy (non-hydrogen) atoms. The lowest BCUT2D eigenvalue weighted by atomic mass is 9.80. The van der Waals surface area contributed by atoms with Crippen molar-refractivity contribution in [2.75, 3.05) is 7.11 Å². The molecule has 1 aliphatic carbocycles. The summed E-state index contributed by atoms with van der Waals surface area (Å²) in [6, 6.07) is 7.93. The minimum Gasteiger partial charge on any atom is -0.497 e. The highest BCUT2D eigenvalue weighted by molar-refractivity contribution is 5.86. The van der Waals surface area contributed by atoms with E-state index in [1.54, 1.807) is 7.11 Å². The number of methoxy groups -OCH3 is 1. The minimum atomic E-state index is 0.0377. The molecule has 3 heteroatoms. The van der Waals surface area contributed by atoms with Gasteiger partial charge in [-0.25, -0.2) is 0 Å². The Morgan fingerprint density at radius 1 is 1.23 bits per heavy atom. The first-order valence-corrected chi connectivity index (χ1v) is 7.80. The summed E-state index contributed by atoms with van der Waals surface area (Å²) in [7, 11) is 1.66. The highest BCUT2D eigenvalue weighted by atomic mass is 16.5. The first-order valence-electron chi connectivity index (χ1n) is 7.80. The quantitative estimate of drug-likeness (QED) is 0.920. The van der Waals surface area contributed by atoms with Crippen molar-refractivity contribution in [3.05, 3.63) is 59.5 Å². The Labute approximate surface area is 131 Å². The van der Waals surface area contributed by atoms with Gasteiger partial charge < -0.3 is 10.1 Å². The molecule has 0 spiro atoms. The van der Waals surface area contributed by atoms with E-state index >= 15 is 0 Å². The van der Waals surface area contributed by atoms with Gasteiger partial charge in [0.05, 0.1) is 7.11 Å². The third kappa shape index (κ3) is 3.14. The molecule has 2 aliphatic rings. The molecule has 1 atom stereocenters. The third-order valence-electron chi connectivity index (χ3n) is 4.28. The number of hydrogen-bond donors (Lipinski definition) is 1. The molecule has 1 fully saturated rings. The van der Waals surface area contributed by atoms with Crippen LogP contribution in [0.1, 0.15) is 31.2 Å². The van der Waals surface area contributed by atoms with Crippen LogP contribution in [0.2, 0.25) is 0 Å². The van der Waals surface area contributed by atoms with E-state index in [0.29, 0.717) is 12.2 Å². The van der Waals surface area contributed by atoms with E-state index in [-0.39, 0.29) is 5.92 Å². The second-order valence-corrected chi connectivity index (χ2v) is 5.72. The first kappa shape index (κ1) is 14.6. The highest BCUT2D eigenvalue weighted by Crippen LogP contribution is 2.32. The van der Waals surface area contributed by atoms with Crippen molar-refractivity contribution in [1.29, 1.82) is 0 Å². The van der Waals surface area contributed by atoms with Crippen molar-refractivity contribution in [2.45, 2.75) is 25.7 Å². The molecule has 3 nitrogen and oxygen atoms in total. The Kier molecular flexibility index (Phi) is 4.42. The van der Waals surface area contributed by atoms with Gasteiger partial charge in [0.25, 0.3) is 0 Å². The Hall–Kier alpha value is -2.29. The molecule has 1 heterocycles. The third-order valence-corrected chi connectivity index (χ3v) is 4.28. The van der Waals surface area contributed by atoms with Crippen LogP contribution in [-0.4, -0.2) is 12.9 Å². The van der Waals surface area contributed by atoms with Gasteiger partial charge in [-0.15, -0.1) is 0 Å². The molecule has 1 aliphatic heterocycles. The van der Waals surface area contributed by atoms with Gasteiger partial charge in [-0.05, 0) is 48.3 Å². The summed E-state index contributed by atoms with van der Waals surface area (Å²) in [4.78, 5) is 12.2. The van der Waals surface area contributed by atoms with Gasteiger partial charge >= 0.3 is 0 Å². The Bertz CT molecular complexity index is 638. The van der Waals surface area contributed by atoms with Crippen molar-refractivity contribution in [1.82, 2.24) is 5.32 Å². The van der Waals surface area contributed by atoms with E-state index in [1.165, 1.54) is 0 Å². The Morgan fingerprint density at radius 2 is 2.05 bits per heavy atom. The van der Waals surface area contributed by atoms with E-state index in [0.717, 1.165) is 41.8 Å². The monoisotopic (exact) mass is 295 g/mol. The Balaban J connectivity index is 1.87. The number of ketones is 1. The predicted octanol–water partition coefficient (Wildman–Crippen LogP) is 3.84. The zero-order valence-electron chi connectivity index (χ0n) is 12.8. The molecule has 0 saturated heterocycles. The van der Waals surface area contributed by atoms with Crippen LogP contribution in [0.15, 0.2) is 53.9 Å². The fourth-order valence-corrected chi connectivity index (χ4v) is 3.07. The maximum atomic E-state index is 12.2. The van der Waals surface area contributed by atoms with Crippen LogP contribution in [0.3, 0.4) is 0 Å². The second kappa shape index (κ2) is 6.65. The predicted molar refractivity (Wildman–Crippen MR) is 88.3 cm³/mol. The highest BCUT2D eigenvalue weighted by Gasteiger charge is 2.27. The van der Waals surface area contributed by atoms with Crippen molar-refractivity contribution >= 4 is 11.9 Å². The molecule has 1 aromatic carbocycles. The van der Waals surface area contributed by atoms with Gasteiger partial charge in [0.2, 0.25) is 0 Å². The number of nitrogens with one attached hydrogen (secondary N) is 1. The van der Waals surface area contributed by atoms with Crippen LogP contribution in [0.25, 0.3) is 6.08 Å². The average molecular weight is 295 g/mol. The van der Waals surface area contributed by atoms with Gasteiger partial charge in [0.15, 0.2) is 0 Å². The van der Waals surface area contributed by atoms with Crippen molar-refractivity contribution in [3.63, 3.8) is 0 Å². The molecular formula is C19H21NO2. The second-order valence-electron chi connectivity index (χ2n) is 5.72. The maximum Gasteiger partial charge on any atom is 0.140 e. The lowest BCUT2D eigenvalue weighted by Crippen LogP contribution is -2.25. The summed E-state index contributed by atoms with van der Waals surface area (Å²) in [6.45, 7) is 0. The van der Waals surface area contributed by atoms with E-state index < -0.39 is 0 Å². The minimum absolute atomic E-state index is 0.0377. The normalized spacial score (nSPS) is 23.1. The van der Waals surface area contributed by atoms with Crippen molar-refractivity contribution < 1.29 is 9.53 Å². The molecule has 1 saturated carbocycles. The van der Waals surface area contributed by atoms with Crippen LogP contribution in [0, 0.1) is 5.92 Å². The Morgan fingerprint density at radius 3 is 2.77 bits per heavy atom. The van der Waals surface area contributed by atoms with Crippen molar-refractivity contribution in [3.8, 4) is 5.75 Å². The van der Waals surface area contributed by atoms with Gasteiger partial charge in [0.1, 0.15) is 11.5 Å². The van der Waals surface area contributed by atoms with Crippen LogP contribution in [0.5, 0.6) is 5.75 Å². The smallest absolute Gasteiger partial charge is 0.140 e. The first-order chi connectivity index (χ1) is 10.8. The molecule has 0 aromatic heterocycles. The zero-order valence-corrected chi connectivity index (χ0v) is 12.8. The standard InChI is InChI=1S/C19H21NO2/c1-22-15-10-8-14(9-11-15)13-18-16(6-4-12-20-18)17-5-2-3-7-19(17)21/h4,6,8-13,17,20H,2-3,5,7H2,1H3. The summed E-state index contributed by atoms with van der Waals surface area (Å²) in [5.41, 5.74) is 3.23. The maximum absolute atomic E-state index is 12.2. The summed E-state index contributed by atoms with van der Waals surface area (Å²) < 4.78 is 5.19. The summed E-state index contributed by atoms with van der Waals surface area (Å²) in [5, 5.41) is 3.29. The fraction of sp³-hybridized carbons (Fsp3) is 0.316. The number of ether oxygens (including phenoxy) is 1. The van der Waals surface area contributed by atoms with Crippen LogP contribution < -0.4 is 10.1 Å². The molecule has 1 N–H and O–H groups in total. The SMILES string of the molecule is COc1ccc(C=C2NC=CC=C2C2CCCCC2=O)cc1. The summed E-state index contributed by atoms with van der Waals surface area (Å²) in [6.07, 6.45) is 11.9. The molecule has 0 amide bonds. The number of carbonyl (C=O) groups is 1. The van der Waals surface area contributed by atoms with E-state index in [2.05, 4.69) is 17.5 Å². The lowest BCUT2D eigenvalue weighted by Gasteiger charge is -2.26. The molecule has 0 radical (unpaired) electrons. The van der Waals surface area contributed by atoms with Gasteiger partial charge in [0, 0.05) is 24.2 Å². The van der Waals surface area contributed by atoms with Crippen molar-refractivity contribution in [2.24, 2.45) is 5.92 Å². The summed E-state index contributed by atoms with van der Waals surface area (Å²) >= 11 is 0. The number of rotatable bonds is 3. The van der Waals surface area contributed by atoms with E-state index in [9.17, 15) is 4.79 Å². The molecule has 1 unspecified atom stereocenters. The topological polar surface area (TPSA) is 38.3 Å². The fourth-order valence-electron chi connectivity index (χ4n) is 3.07. The number of carbonyl (C=O) groups excluding carboxylic acids is 1. The van der Waals surface area contributed by atoms with Crippen LogP contribution in [-0.2, 0) is 4.79 Å². The molecule has 1 aromatic rings. The number of allylic oxidation sites excluding steroid dienone is 3. The number of dihydropyridines is 1. The molecule has 0 bridgehead atoms. The molecule has 114 valence electrons. The van der Waals surface area contributed by atoms with Crippen LogP contribution >= 0.6 is 0 Å². The number of benzene rings is 1. The largest absolute Gasteiger partial charge is 0.497 e. The van der Waals surface area contributed by atoms with Gasteiger partial charge in [-0.2, -0.15) is 0 Å². The van der Waals surface area contributed by atoms with E-state index in [4.69, 9.17) is 4.74 Å². The van der Waals surface area contributed by atoms with Gasteiger partial charge in [-0.1, -0.05) is 24.6 Å². The average Bonchev–Trinajstić information content (AvgIpc) is 2.57. The van der Waals surface area contributed by atoms with E-state index in [1.807, 2.05) is 36.5 Å². The summed E-state index contributed by atoms with van der Waals surface area (Å²) in [5.74, 6) is 1.25. The number of hydrogen-bond acceptors (Lipinski definition) is 3. The molecular weight excluding hydrogens is 274 g/mol. The molecule has 3 rings (SSSR count). The van der Waals surface area contributed by atoms with Crippen LogP contribution in [0.4, 0.5) is 0 Å².